The summed E-state index contributed by atoms with van der Waals surface area (Å²) in [5.74, 6) is 0.537. The molecule has 0 aliphatic heterocycles. The van der Waals surface area contributed by atoms with E-state index in [4.69, 9.17) is 0 Å². The van der Waals surface area contributed by atoms with Gasteiger partial charge in [0.15, 0.2) is 0 Å². The summed E-state index contributed by atoms with van der Waals surface area (Å²) in [7, 11) is 0. The van der Waals surface area contributed by atoms with Crippen LogP contribution in [0.25, 0.3) is 0 Å². The molecule has 3 amide bonds. The molecule has 1 aromatic carbocycles. The fourth-order valence-corrected chi connectivity index (χ4v) is 4.99. The molecule has 0 radical (unpaired) electrons. The number of nitrogens with one attached hydrogen (secondary N) is 3. The van der Waals surface area contributed by atoms with Crippen molar-refractivity contribution >= 4 is 17.7 Å². The van der Waals surface area contributed by atoms with Gasteiger partial charge in [-0.2, -0.15) is 0 Å². The second-order valence-electron chi connectivity index (χ2n) is 12.3. The number of amides is 3. The van der Waals surface area contributed by atoms with Crippen LogP contribution in [0.4, 0.5) is 0 Å². The molecule has 1 atom stereocenters. The van der Waals surface area contributed by atoms with Gasteiger partial charge in [0.25, 0.3) is 17.7 Å². The Morgan fingerprint density at radius 3 is 1.32 bits per heavy atom. The number of benzene rings is 1. The Morgan fingerprint density at radius 1 is 0.512 bits per heavy atom. The van der Waals surface area contributed by atoms with Crippen LogP contribution in [-0.2, 0) is 0 Å². The van der Waals surface area contributed by atoms with Gasteiger partial charge >= 0.3 is 0 Å². The largest absolute Gasteiger partial charge is 0.352 e. The predicted molar refractivity (Wildman–Crippen MR) is 173 cm³/mol. The summed E-state index contributed by atoms with van der Waals surface area (Å²) < 4.78 is 0. The molecule has 0 aromatic heterocycles. The SMILES string of the molecule is CCCCCCCCNC(=O)c1cc(C(=O)NCCCCCCCC)cc(C(=O)NCC[C@H](C)CCCC(C)C)c1. The van der Waals surface area contributed by atoms with E-state index in [0.717, 1.165) is 44.4 Å². The maximum Gasteiger partial charge on any atom is 0.251 e. The molecule has 1 rings (SSSR count). The highest BCUT2D eigenvalue weighted by Crippen LogP contribution is 2.16. The molecule has 0 fully saturated rings. The number of hydrogen-bond acceptors (Lipinski definition) is 3. The molecule has 41 heavy (non-hydrogen) atoms. The van der Waals surface area contributed by atoms with Crippen LogP contribution in [0.2, 0.25) is 0 Å². The lowest BCUT2D eigenvalue weighted by Crippen LogP contribution is -2.29. The third kappa shape index (κ3) is 17.9. The minimum absolute atomic E-state index is 0.239. The molecule has 0 saturated carbocycles. The molecule has 0 heterocycles. The maximum atomic E-state index is 13.1. The van der Waals surface area contributed by atoms with Gasteiger partial charge in [-0.05, 0) is 49.3 Å². The molecular weight excluding hydrogens is 510 g/mol. The van der Waals surface area contributed by atoms with Crippen molar-refractivity contribution in [2.45, 2.75) is 137 Å². The van der Waals surface area contributed by atoms with Crippen LogP contribution in [-0.4, -0.2) is 37.4 Å². The minimum atomic E-state index is -0.241. The Kier molecular flexibility index (Phi) is 20.8. The van der Waals surface area contributed by atoms with Gasteiger partial charge < -0.3 is 16.0 Å². The van der Waals surface area contributed by atoms with Crippen molar-refractivity contribution in [3.8, 4) is 0 Å². The van der Waals surface area contributed by atoms with Crippen LogP contribution >= 0.6 is 0 Å². The Bertz CT molecular complexity index is 820. The van der Waals surface area contributed by atoms with Gasteiger partial charge in [0.2, 0.25) is 0 Å². The standard InChI is InChI=1S/C35H61N3O3/c1-6-8-10-12-14-16-22-36-33(39)30-25-31(34(40)37-23-17-15-13-11-9-7-2)27-32(26-30)35(41)38-24-21-29(5)20-18-19-28(3)4/h25-29H,6-24H2,1-5H3,(H,36,39)(H,37,40)(H,38,41)/t29-/m1/s1. The maximum absolute atomic E-state index is 13.1. The van der Waals surface area contributed by atoms with Crippen molar-refractivity contribution in [2.75, 3.05) is 19.6 Å². The second-order valence-corrected chi connectivity index (χ2v) is 12.3. The van der Waals surface area contributed by atoms with Gasteiger partial charge in [-0.1, -0.05) is 118 Å². The van der Waals surface area contributed by atoms with Gasteiger partial charge in [0.05, 0.1) is 0 Å². The molecule has 6 heteroatoms. The molecule has 0 aliphatic carbocycles. The van der Waals surface area contributed by atoms with E-state index >= 15 is 0 Å². The van der Waals surface area contributed by atoms with Crippen molar-refractivity contribution in [1.82, 2.24) is 16.0 Å². The topological polar surface area (TPSA) is 87.3 Å². The van der Waals surface area contributed by atoms with E-state index in [1.807, 2.05) is 0 Å². The van der Waals surface area contributed by atoms with Gasteiger partial charge in [-0.25, -0.2) is 0 Å². The molecule has 0 saturated heterocycles. The van der Waals surface area contributed by atoms with E-state index in [0.29, 0.717) is 42.2 Å². The summed E-state index contributed by atoms with van der Waals surface area (Å²) >= 11 is 0. The van der Waals surface area contributed by atoms with Gasteiger partial charge in [0.1, 0.15) is 0 Å². The molecule has 0 aliphatic rings. The summed E-state index contributed by atoms with van der Waals surface area (Å²) in [5, 5.41) is 8.98. The van der Waals surface area contributed by atoms with Crippen molar-refractivity contribution in [3.05, 3.63) is 34.9 Å². The molecule has 1 aromatic rings. The summed E-state index contributed by atoms with van der Waals surface area (Å²) in [5.41, 5.74) is 1.07. The first kappa shape index (κ1) is 36.7. The molecule has 6 nitrogen and oxygen atoms in total. The average Bonchev–Trinajstić information content (AvgIpc) is 2.95. The van der Waals surface area contributed by atoms with Crippen molar-refractivity contribution < 1.29 is 14.4 Å². The zero-order chi connectivity index (χ0) is 30.3. The summed E-state index contributed by atoms with van der Waals surface area (Å²) in [6.07, 6.45) is 18.3. The Hall–Kier alpha value is -2.37. The number of carbonyl (C=O) groups is 3. The lowest BCUT2D eigenvalue weighted by atomic mass is 9.97. The number of carbonyl (C=O) groups excluding carboxylic acids is 3. The Morgan fingerprint density at radius 2 is 0.902 bits per heavy atom. The molecule has 0 bridgehead atoms. The van der Waals surface area contributed by atoms with Crippen LogP contribution in [0.15, 0.2) is 18.2 Å². The Balaban J connectivity index is 2.77. The van der Waals surface area contributed by atoms with E-state index < -0.39 is 0 Å². The van der Waals surface area contributed by atoms with Crippen LogP contribution in [0.1, 0.15) is 168 Å². The summed E-state index contributed by atoms with van der Waals surface area (Å²) in [6, 6.07) is 4.84. The molecule has 0 spiro atoms. The van der Waals surface area contributed by atoms with E-state index in [1.165, 1.54) is 64.2 Å². The summed E-state index contributed by atoms with van der Waals surface area (Å²) in [4.78, 5) is 39.1. The minimum Gasteiger partial charge on any atom is -0.352 e. The average molecular weight is 572 g/mol. The number of rotatable bonds is 24. The van der Waals surface area contributed by atoms with Crippen molar-refractivity contribution in [1.29, 1.82) is 0 Å². The predicted octanol–water partition coefficient (Wildman–Crippen LogP) is 8.45. The third-order valence-corrected chi connectivity index (χ3v) is 7.75. The smallest absolute Gasteiger partial charge is 0.251 e. The first-order chi connectivity index (χ1) is 19.8. The molecule has 3 N–H and O–H groups in total. The molecule has 0 unspecified atom stereocenters. The zero-order valence-corrected chi connectivity index (χ0v) is 27.0. The van der Waals surface area contributed by atoms with Gasteiger partial charge in [0, 0.05) is 36.3 Å². The van der Waals surface area contributed by atoms with E-state index in [9.17, 15) is 14.4 Å². The zero-order valence-electron chi connectivity index (χ0n) is 27.0. The van der Waals surface area contributed by atoms with Crippen molar-refractivity contribution in [2.24, 2.45) is 11.8 Å². The first-order valence-electron chi connectivity index (χ1n) is 16.8. The van der Waals surface area contributed by atoms with Crippen LogP contribution in [0.5, 0.6) is 0 Å². The fourth-order valence-electron chi connectivity index (χ4n) is 4.99. The van der Waals surface area contributed by atoms with Crippen LogP contribution in [0, 0.1) is 11.8 Å². The second kappa shape index (κ2) is 23.2. The normalized spacial score (nSPS) is 11.9. The van der Waals surface area contributed by atoms with Crippen LogP contribution < -0.4 is 16.0 Å². The first-order valence-corrected chi connectivity index (χ1v) is 16.8. The van der Waals surface area contributed by atoms with E-state index in [2.05, 4.69) is 50.6 Å². The lowest BCUT2D eigenvalue weighted by molar-refractivity contribution is 0.0951. The van der Waals surface area contributed by atoms with E-state index in [1.54, 1.807) is 18.2 Å². The van der Waals surface area contributed by atoms with Gasteiger partial charge in [-0.15, -0.1) is 0 Å². The highest BCUT2D eigenvalue weighted by Gasteiger charge is 2.17. The third-order valence-electron chi connectivity index (χ3n) is 7.75. The van der Waals surface area contributed by atoms with Gasteiger partial charge in [-0.3, -0.25) is 14.4 Å². The highest BCUT2D eigenvalue weighted by molar-refractivity contribution is 6.04. The quantitative estimate of drug-likeness (QED) is 0.109. The van der Waals surface area contributed by atoms with Crippen LogP contribution in [0.3, 0.4) is 0 Å². The number of hydrogen-bond donors (Lipinski definition) is 3. The molecular formula is C35H61N3O3. The lowest BCUT2D eigenvalue weighted by Gasteiger charge is -2.14. The fraction of sp³-hybridized carbons (Fsp3) is 0.743. The number of unbranched alkanes of at least 4 members (excludes halogenated alkanes) is 10. The highest BCUT2D eigenvalue weighted by atomic mass is 16.2. The van der Waals surface area contributed by atoms with Crippen molar-refractivity contribution in [3.63, 3.8) is 0 Å². The molecule has 234 valence electrons. The van der Waals surface area contributed by atoms with E-state index in [-0.39, 0.29) is 17.7 Å². The Labute approximate surface area is 251 Å². The monoisotopic (exact) mass is 571 g/mol. The summed E-state index contributed by atoms with van der Waals surface area (Å²) in [6.45, 7) is 12.9.